The Balaban J connectivity index is 2.11. The number of nitrogens with zero attached hydrogens (tertiary/aromatic N) is 3. The highest BCUT2D eigenvalue weighted by atomic mass is 16.5. The molecule has 4 heteroatoms. The first-order valence-corrected chi connectivity index (χ1v) is 5.38. The van der Waals surface area contributed by atoms with Crippen LogP contribution in [0.4, 0.5) is 11.4 Å². The summed E-state index contributed by atoms with van der Waals surface area (Å²) in [6.45, 7) is 0. The summed E-state index contributed by atoms with van der Waals surface area (Å²) in [5.41, 5.74) is 2.07. The Hall–Kier alpha value is -2.67. The van der Waals surface area contributed by atoms with E-state index in [2.05, 4.69) is 16.3 Å². The summed E-state index contributed by atoms with van der Waals surface area (Å²) >= 11 is 0. The maximum Gasteiger partial charge on any atom is 0.119 e. The molecule has 18 heavy (non-hydrogen) atoms. The van der Waals surface area contributed by atoms with Crippen LogP contribution in [0.25, 0.3) is 0 Å². The highest BCUT2D eigenvalue weighted by Gasteiger charge is 1.93. The van der Waals surface area contributed by atoms with Gasteiger partial charge in [-0.15, -0.1) is 0 Å². The molecular weight excluding hydrogens is 226 g/mol. The zero-order valence-electron chi connectivity index (χ0n) is 9.87. The number of hydrogen-bond acceptors (Lipinski definition) is 4. The molecule has 0 aliphatic rings. The topological polar surface area (TPSA) is 57.7 Å². The Morgan fingerprint density at radius 1 is 0.889 bits per heavy atom. The molecule has 0 bridgehead atoms. The summed E-state index contributed by atoms with van der Waals surface area (Å²) in [5.74, 6) is 0.785. The van der Waals surface area contributed by atoms with Crippen molar-refractivity contribution in [2.24, 2.45) is 10.2 Å². The molecule has 0 N–H and O–H groups in total. The lowest BCUT2D eigenvalue weighted by Crippen LogP contribution is -1.79. The molecule has 2 aromatic rings. The van der Waals surface area contributed by atoms with Gasteiger partial charge in [0.05, 0.1) is 30.1 Å². The van der Waals surface area contributed by atoms with Crippen molar-refractivity contribution in [3.05, 3.63) is 54.1 Å². The summed E-state index contributed by atoms with van der Waals surface area (Å²) in [6, 6.07) is 16.3. The van der Waals surface area contributed by atoms with Crippen LogP contribution in [-0.2, 0) is 0 Å². The molecule has 2 rings (SSSR count). The summed E-state index contributed by atoms with van der Waals surface area (Å²) in [5, 5.41) is 16.8. The summed E-state index contributed by atoms with van der Waals surface area (Å²) in [7, 11) is 1.62. The van der Waals surface area contributed by atoms with Gasteiger partial charge in [-0.3, -0.25) is 0 Å². The van der Waals surface area contributed by atoms with Gasteiger partial charge in [-0.1, -0.05) is 0 Å². The van der Waals surface area contributed by atoms with Crippen molar-refractivity contribution in [2.75, 3.05) is 7.11 Å². The van der Waals surface area contributed by atoms with Crippen LogP contribution in [0, 0.1) is 11.3 Å². The third-order valence-electron chi connectivity index (χ3n) is 2.35. The van der Waals surface area contributed by atoms with E-state index in [1.165, 1.54) is 0 Å². The number of azo groups is 1. The van der Waals surface area contributed by atoms with Gasteiger partial charge in [0.1, 0.15) is 5.75 Å². The Morgan fingerprint density at radius 3 is 1.83 bits per heavy atom. The van der Waals surface area contributed by atoms with Gasteiger partial charge in [0.25, 0.3) is 0 Å². The van der Waals surface area contributed by atoms with Gasteiger partial charge in [0, 0.05) is 0 Å². The zero-order chi connectivity index (χ0) is 12.8. The van der Waals surface area contributed by atoms with E-state index in [1.807, 2.05) is 24.3 Å². The average Bonchev–Trinajstić information content (AvgIpc) is 2.46. The van der Waals surface area contributed by atoms with Crippen molar-refractivity contribution in [3.8, 4) is 11.8 Å². The molecule has 0 aromatic heterocycles. The second kappa shape index (κ2) is 5.60. The third-order valence-corrected chi connectivity index (χ3v) is 2.35. The molecule has 0 spiro atoms. The highest BCUT2D eigenvalue weighted by molar-refractivity contribution is 5.44. The van der Waals surface area contributed by atoms with Crippen LogP contribution in [-0.4, -0.2) is 7.11 Å². The lowest BCUT2D eigenvalue weighted by Gasteiger charge is -1.98. The summed E-state index contributed by atoms with van der Waals surface area (Å²) in [4.78, 5) is 0. The fraction of sp³-hybridized carbons (Fsp3) is 0.0714. The molecule has 0 amide bonds. The Kier molecular flexibility index (Phi) is 3.67. The van der Waals surface area contributed by atoms with Crippen LogP contribution in [0.2, 0.25) is 0 Å². The summed E-state index contributed by atoms with van der Waals surface area (Å²) < 4.78 is 5.05. The molecule has 0 saturated heterocycles. The molecule has 0 fully saturated rings. The largest absolute Gasteiger partial charge is 0.497 e. The molecule has 2 aromatic carbocycles. The van der Waals surface area contributed by atoms with Crippen molar-refractivity contribution in [1.29, 1.82) is 5.26 Å². The first-order valence-electron chi connectivity index (χ1n) is 5.38. The number of ether oxygens (including phenoxy) is 1. The van der Waals surface area contributed by atoms with Crippen molar-refractivity contribution >= 4 is 11.4 Å². The SMILES string of the molecule is COc1ccc(/N=N/c2ccc(C#N)cc2)cc1. The Bertz CT molecular complexity index is 580. The predicted octanol–water partition coefficient (Wildman–Crippen LogP) is 3.98. The van der Waals surface area contributed by atoms with Crippen LogP contribution >= 0.6 is 0 Å². The van der Waals surface area contributed by atoms with Crippen molar-refractivity contribution in [3.63, 3.8) is 0 Å². The molecule has 4 nitrogen and oxygen atoms in total. The van der Waals surface area contributed by atoms with E-state index in [1.54, 1.807) is 31.4 Å². The van der Waals surface area contributed by atoms with Gasteiger partial charge in [-0.05, 0) is 48.5 Å². The Labute approximate surface area is 105 Å². The van der Waals surface area contributed by atoms with Crippen LogP contribution in [0.3, 0.4) is 0 Å². The van der Waals surface area contributed by atoms with Crippen molar-refractivity contribution in [1.82, 2.24) is 0 Å². The van der Waals surface area contributed by atoms with Crippen molar-refractivity contribution in [2.45, 2.75) is 0 Å². The van der Waals surface area contributed by atoms with Crippen LogP contribution < -0.4 is 4.74 Å². The molecule has 0 atom stereocenters. The molecule has 0 aliphatic heterocycles. The van der Waals surface area contributed by atoms with Gasteiger partial charge in [-0.2, -0.15) is 15.5 Å². The standard InChI is InChI=1S/C14H11N3O/c1-18-14-8-6-13(7-9-14)17-16-12-4-2-11(10-15)3-5-12/h2-9H,1H3/b17-16+. The van der Waals surface area contributed by atoms with Gasteiger partial charge in [-0.25, -0.2) is 0 Å². The average molecular weight is 237 g/mol. The minimum atomic E-state index is 0.610. The molecule has 0 radical (unpaired) electrons. The fourth-order valence-corrected chi connectivity index (χ4v) is 1.37. The van der Waals surface area contributed by atoms with Gasteiger partial charge < -0.3 is 4.74 Å². The monoisotopic (exact) mass is 237 g/mol. The minimum Gasteiger partial charge on any atom is -0.497 e. The third kappa shape index (κ3) is 2.92. The van der Waals surface area contributed by atoms with Gasteiger partial charge in [0.2, 0.25) is 0 Å². The van der Waals surface area contributed by atoms with Crippen LogP contribution in [0.15, 0.2) is 58.8 Å². The van der Waals surface area contributed by atoms with E-state index in [4.69, 9.17) is 10.00 Å². The normalized spacial score (nSPS) is 10.2. The Morgan fingerprint density at radius 2 is 1.39 bits per heavy atom. The quantitative estimate of drug-likeness (QED) is 0.758. The van der Waals surface area contributed by atoms with E-state index in [-0.39, 0.29) is 0 Å². The first kappa shape index (κ1) is 11.8. The number of rotatable bonds is 3. The van der Waals surface area contributed by atoms with Crippen LogP contribution in [0.1, 0.15) is 5.56 Å². The molecule has 0 aliphatic carbocycles. The lowest BCUT2D eigenvalue weighted by molar-refractivity contribution is 0.415. The maximum absolute atomic E-state index is 8.67. The minimum absolute atomic E-state index is 0.610. The van der Waals surface area contributed by atoms with Crippen LogP contribution in [0.5, 0.6) is 5.75 Å². The molecule has 0 unspecified atom stereocenters. The van der Waals surface area contributed by atoms with Gasteiger partial charge in [0.15, 0.2) is 0 Å². The van der Waals surface area contributed by atoms with Crippen molar-refractivity contribution < 1.29 is 4.74 Å². The second-order valence-corrected chi connectivity index (χ2v) is 3.56. The lowest BCUT2D eigenvalue weighted by atomic mass is 10.2. The number of benzene rings is 2. The van der Waals surface area contributed by atoms with E-state index in [9.17, 15) is 0 Å². The van der Waals surface area contributed by atoms with E-state index in [0.29, 0.717) is 11.3 Å². The fourth-order valence-electron chi connectivity index (χ4n) is 1.37. The molecular formula is C14H11N3O. The zero-order valence-corrected chi connectivity index (χ0v) is 9.87. The number of nitriles is 1. The number of methoxy groups -OCH3 is 1. The van der Waals surface area contributed by atoms with E-state index >= 15 is 0 Å². The van der Waals surface area contributed by atoms with Gasteiger partial charge >= 0.3 is 0 Å². The highest BCUT2D eigenvalue weighted by Crippen LogP contribution is 2.21. The number of hydrogen-bond donors (Lipinski definition) is 0. The van der Waals surface area contributed by atoms with E-state index in [0.717, 1.165) is 11.4 Å². The smallest absolute Gasteiger partial charge is 0.119 e. The second-order valence-electron chi connectivity index (χ2n) is 3.56. The van der Waals surface area contributed by atoms with E-state index < -0.39 is 0 Å². The molecule has 0 heterocycles. The summed E-state index contributed by atoms with van der Waals surface area (Å²) in [6.07, 6.45) is 0. The molecule has 88 valence electrons. The first-order chi connectivity index (χ1) is 8.81. The molecule has 0 saturated carbocycles. The predicted molar refractivity (Wildman–Crippen MR) is 68.3 cm³/mol. The maximum atomic E-state index is 8.67.